The summed E-state index contributed by atoms with van der Waals surface area (Å²) in [6, 6.07) is 6.04. The van der Waals surface area contributed by atoms with Crippen LogP contribution in [0.3, 0.4) is 0 Å². The number of carbonyl (C=O) groups excluding carboxylic acids is 1. The fourth-order valence-corrected chi connectivity index (χ4v) is 3.84. The zero-order valence-electron chi connectivity index (χ0n) is 16.4. The average molecular weight is 427 g/mol. The van der Waals surface area contributed by atoms with Gasteiger partial charge < -0.3 is 9.88 Å². The van der Waals surface area contributed by atoms with Gasteiger partial charge in [0.2, 0.25) is 0 Å². The molecular weight excluding hydrogens is 407 g/mol. The van der Waals surface area contributed by atoms with Crippen molar-refractivity contribution in [1.82, 2.24) is 24.6 Å². The lowest BCUT2D eigenvalue weighted by atomic mass is 10.1. The molecular formula is C21H20ClFN6O. The summed E-state index contributed by atoms with van der Waals surface area (Å²) in [5.74, 6) is 0.0692. The summed E-state index contributed by atoms with van der Waals surface area (Å²) in [4.78, 5) is 17.0. The van der Waals surface area contributed by atoms with E-state index >= 15 is 0 Å². The Morgan fingerprint density at radius 1 is 1.43 bits per heavy atom. The van der Waals surface area contributed by atoms with Crippen molar-refractivity contribution in [2.45, 2.75) is 45.3 Å². The topological polar surface area (TPSA) is 88.5 Å². The van der Waals surface area contributed by atoms with Crippen LogP contribution in [-0.4, -0.2) is 31.3 Å². The second kappa shape index (κ2) is 8.28. The van der Waals surface area contributed by atoms with Crippen LogP contribution < -0.4 is 5.32 Å². The average Bonchev–Trinajstić information content (AvgIpc) is 3.34. The minimum atomic E-state index is -0.682. The number of hydrogen-bond donors (Lipinski definition) is 1. The number of benzene rings is 1. The Labute approximate surface area is 178 Å². The molecule has 1 N–H and O–H groups in total. The molecule has 1 unspecified atom stereocenters. The minimum absolute atomic E-state index is 0.0467. The van der Waals surface area contributed by atoms with Gasteiger partial charge in [-0.25, -0.2) is 9.37 Å². The van der Waals surface area contributed by atoms with E-state index in [1.54, 1.807) is 23.0 Å². The molecule has 1 aliphatic heterocycles. The van der Waals surface area contributed by atoms with Gasteiger partial charge in [0.25, 0.3) is 5.91 Å². The molecule has 0 radical (unpaired) electrons. The van der Waals surface area contributed by atoms with Crippen molar-refractivity contribution in [3.05, 3.63) is 58.5 Å². The normalized spacial score (nSPS) is 14.1. The Morgan fingerprint density at radius 2 is 2.27 bits per heavy atom. The predicted octanol–water partition coefficient (Wildman–Crippen LogP) is 3.57. The maximum atomic E-state index is 14.0. The lowest BCUT2D eigenvalue weighted by Crippen LogP contribution is -2.36. The molecule has 3 aromatic rings. The van der Waals surface area contributed by atoms with Crippen LogP contribution in [0.5, 0.6) is 0 Å². The smallest absolute Gasteiger partial charge is 0.271 e. The highest BCUT2D eigenvalue weighted by Crippen LogP contribution is 2.26. The molecule has 1 atom stereocenters. The molecule has 7 nitrogen and oxygen atoms in total. The number of carbonyl (C=O) groups is 1. The summed E-state index contributed by atoms with van der Waals surface area (Å²) in [5, 5.41) is 16.4. The van der Waals surface area contributed by atoms with Gasteiger partial charge in [-0.05, 0) is 38.0 Å². The Kier molecular flexibility index (Phi) is 5.55. The number of nitrogens with zero attached hydrogens (tertiary/aromatic N) is 5. The molecule has 30 heavy (non-hydrogen) atoms. The van der Waals surface area contributed by atoms with Crippen molar-refractivity contribution in [2.75, 3.05) is 0 Å². The molecule has 1 aromatic carbocycles. The SMILES string of the molecule is CC(Cn1ccc(-c2cc(F)c(C#N)c(Cl)c2)n1)NC(=O)c1cn2c(n1)CCCC2. The number of aryl methyl sites for hydroxylation is 2. The van der Waals surface area contributed by atoms with Gasteiger partial charge in [0.05, 0.1) is 17.3 Å². The molecule has 3 heterocycles. The van der Waals surface area contributed by atoms with Gasteiger partial charge in [-0.2, -0.15) is 10.4 Å². The number of hydrogen-bond acceptors (Lipinski definition) is 4. The Bertz CT molecular complexity index is 1100. The van der Waals surface area contributed by atoms with Crippen molar-refractivity contribution in [3.63, 3.8) is 0 Å². The van der Waals surface area contributed by atoms with E-state index in [1.165, 1.54) is 12.1 Å². The maximum Gasteiger partial charge on any atom is 0.271 e. The molecule has 0 bridgehead atoms. The number of aromatic nitrogens is 4. The molecule has 154 valence electrons. The monoisotopic (exact) mass is 426 g/mol. The Balaban J connectivity index is 1.42. The van der Waals surface area contributed by atoms with Crippen LogP contribution >= 0.6 is 11.6 Å². The van der Waals surface area contributed by atoms with E-state index in [0.29, 0.717) is 23.5 Å². The van der Waals surface area contributed by atoms with E-state index in [4.69, 9.17) is 16.9 Å². The maximum absolute atomic E-state index is 14.0. The van der Waals surface area contributed by atoms with Crippen LogP contribution in [0.25, 0.3) is 11.3 Å². The summed E-state index contributed by atoms with van der Waals surface area (Å²) < 4.78 is 17.7. The van der Waals surface area contributed by atoms with Gasteiger partial charge in [0.15, 0.2) is 0 Å². The number of nitriles is 1. The second-order valence-corrected chi connectivity index (χ2v) is 7.82. The molecule has 4 rings (SSSR count). The van der Waals surface area contributed by atoms with Crippen LogP contribution in [0.15, 0.2) is 30.6 Å². The molecule has 0 fully saturated rings. The number of rotatable bonds is 5. The van der Waals surface area contributed by atoms with Crippen LogP contribution in [0.2, 0.25) is 5.02 Å². The highest BCUT2D eigenvalue weighted by atomic mass is 35.5. The highest BCUT2D eigenvalue weighted by molar-refractivity contribution is 6.32. The number of amides is 1. The van der Waals surface area contributed by atoms with Gasteiger partial charge in [-0.15, -0.1) is 0 Å². The second-order valence-electron chi connectivity index (χ2n) is 7.42. The van der Waals surface area contributed by atoms with Gasteiger partial charge in [0, 0.05) is 37.0 Å². The lowest BCUT2D eigenvalue weighted by Gasteiger charge is -2.13. The number of imidazole rings is 1. The fourth-order valence-electron chi connectivity index (χ4n) is 3.59. The quantitative estimate of drug-likeness (QED) is 0.675. The van der Waals surface area contributed by atoms with Gasteiger partial charge >= 0.3 is 0 Å². The van der Waals surface area contributed by atoms with E-state index in [9.17, 15) is 9.18 Å². The van der Waals surface area contributed by atoms with Crippen molar-refractivity contribution in [2.24, 2.45) is 0 Å². The molecule has 0 saturated heterocycles. The Hall–Kier alpha value is -3.18. The summed E-state index contributed by atoms with van der Waals surface area (Å²) in [6.07, 6.45) is 6.67. The number of halogens is 2. The van der Waals surface area contributed by atoms with E-state index in [1.807, 2.05) is 17.7 Å². The minimum Gasteiger partial charge on any atom is -0.346 e. The van der Waals surface area contributed by atoms with Crippen LogP contribution in [0, 0.1) is 17.1 Å². The summed E-state index contributed by atoms with van der Waals surface area (Å²) in [6.45, 7) is 3.22. The first-order valence-electron chi connectivity index (χ1n) is 9.74. The highest BCUT2D eigenvalue weighted by Gasteiger charge is 2.18. The molecule has 9 heteroatoms. The molecule has 0 saturated carbocycles. The van der Waals surface area contributed by atoms with Crippen molar-refractivity contribution >= 4 is 17.5 Å². The Morgan fingerprint density at radius 3 is 3.00 bits per heavy atom. The zero-order chi connectivity index (χ0) is 21.3. The molecule has 1 amide bonds. The third kappa shape index (κ3) is 4.07. The third-order valence-electron chi connectivity index (χ3n) is 5.07. The fraction of sp³-hybridized carbons (Fsp3) is 0.333. The number of fused-ring (bicyclic) bond motifs is 1. The molecule has 0 spiro atoms. The van der Waals surface area contributed by atoms with Crippen LogP contribution in [0.4, 0.5) is 4.39 Å². The molecule has 0 aliphatic carbocycles. The summed E-state index contributed by atoms with van der Waals surface area (Å²) in [7, 11) is 0. The van der Waals surface area contributed by atoms with Crippen LogP contribution in [-0.2, 0) is 19.5 Å². The first-order chi connectivity index (χ1) is 14.4. The summed E-state index contributed by atoms with van der Waals surface area (Å²) >= 11 is 5.98. The van der Waals surface area contributed by atoms with Gasteiger partial charge in [0.1, 0.15) is 29.0 Å². The van der Waals surface area contributed by atoms with Gasteiger partial charge in [-0.3, -0.25) is 9.48 Å². The lowest BCUT2D eigenvalue weighted by molar-refractivity contribution is 0.0931. The first-order valence-corrected chi connectivity index (χ1v) is 10.1. The third-order valence-corrected chi connectivity index (χ3v) is 5.37. The first kappa shape index (κ1) is 20.1. The largest absolute Gasteiger partial charge is 0.346 e. The van der Waals surface area contributed by atoms with E-state index < -0.39 is 5.82 Å². The summed E-state index contributed by atoms with van der Waals surface area (Å²) in [5.41, 5.74) is 1.26. The van der Waals surface area contributed by atoms with Crippen molar-refractivity contribution in [1.29, 1.82) is 5.26 Å². The van der Waals surface area contributed by atoms with Crippen molar-refractivity contribution < 1.29 is 9.18 Å². The van der Waals surface area contributed by atoms with Crippen molar-refractivity contribution in [3.8, 4) is 17.3 Å². The standard InChI is InChI=1S/C21H20ClFN6O/c1-13(25-21(30)19-12-28-6-3-2-4-20(28)26-19)11-29-7-5-18(27-29)14-8-16(22)15(10-24)17(23)9-14/h5,7-9,12-13H,2-4,6,11H2,1H3,(H,25,30). The van der Waals surface area contributed by atoms with Crippen LogP contribution in [0.1, 0.15) is 41.6 Å². The van der Waals surface area contributed by atoms with E-state index in [2.05, 4.69) is 15.4 Å². The number of nitrogens with one attached hydrogen (secondary N) is 1. The van der Waals surface area contributed by atoms with E-state index in [0.717, 1.165) is 31.6 Å². The van der Waals surface area contributed by atoms with E-state index in [-0.39, 0.29) is 22.5 Å². The molecule has 2 aromatic heterocycles. The predicted molar refractivity (Wildman–Crippen MR) is 109 cm³/mol. The zero-order valence-corrected chi connectivity index (χ0v) is 17.2. The molecule has 1 aliphatic rings. The van der Waals surface area contributed by atoms with Gasteiger partial charge in [-0.1, -0.05) is 11.6 Å².